The van der Waals surface area contributed by atoms with E-state index in [0.717, 1.165) is 0 Å². The molecule has 0 fully saturated rings. The number of aromatic hydroxyl groups is 1. The van der Waals surface area contributed by atoms with Crippen molar-refractivity contribution in [2.75, 3.05) is 11.9 Å². The number of phenols is 1. The van der Waals surface area contributed by atoms with E-state index >= 15 is 0 Å². The molecule has 0 aliphatic carbocycles. The van der Waals surface area contributed by atoms with Crippen LogP contribution in [0.5, 0.6) is 5.75 Å². The molecule has 1 aromatic carbocycles. The highest BCUT2D eigenvalue weighted by molar-refractivity contribution is 5.92. The summed E-state index contributed by atoms with van der Waals surface area (Å²) in [6.45, 7) is 3.16. The van der Waals surface area contributed by atoms with Crippen molar-refractivity contribution < 1.29 is 19.8 Å². The van der Waals surface area contributed by atoms with Crippen LogP contribution in [0.4, 0.5) is 10.5 Å². The van der Waals surface area contributed by atoms with Crippen LogP contribution in [0, 0.1) is 5.92 Å². The first-order valence-electron chi connectivity index (χ1n) is 5.89. The van der Waals surface area contributed by atoms with E-state index in [9.17, 15) is 14.7 Å². The number of urea groups is 1. The quantitative estimate of drug-likeness (QED) is 0.773. The SMILES string of the molecule is CC(NC(=O)N(C)c1cccc(O)c1)C(C)C(=O)O. The van der Waals surface area contributed by atoms with E-state index in [1.165, 1.54) is 24.0 Å². The van der Waals surface area contributed by atoms with E-state index in [1.807, 2.05) is 0 Å². The molecule has 0 aliphatic heterocycles. The summed E-state index contributed by atoms with van der Waals surface area (Å²) in [5, 5.41) is 20.8. The van der Waals surface area contributed by atoms with E-state index in [4.69, 9.17) is 5.11 Å². The summed E-state index contributed by atoms with van der Waals surface area (Å²) >= 11 is 0. The molecule has 19 heavy (non-hydrogen) atoms. The lowest BCUT2D eigenvalue weighted by Gasteiger charge is -2.23. The zero-order chi connectivity index (χ0) is 14.6. The number of amides is 2. The Labute approximate surface area is 111 Å². The first-order chi connectivity index (χ1) is 8.82. The van der Waals surface area contributed by atoms with Crippen LogP contribution in [-0.2, 0) is 4.79 Å². The average molecular weight is 266 g/mol. The van der Waals surface area contributed by atoms with Crippen molar-refractivity contribution in [3.63, 3.8) is 0 Å². The van der Waals surface area contributed by atoms with Gasteiger partial charge in [-0.15, -0.1) is 0 Å². The summed E-state index contributed by atoms with van der Waals surface area (Å²) in [6, 6.07) is 5.33. The summed E-state index contributed by atoms with van der Waals surface area (Å²) in [4.78, 5) is 24.1. The smallest absolute Gasteiger partial charge is 0.321 e. The standard InChI is InChI=1S/C13H18N2O4/c1-8(12(17)18)9(2)14-13(19)15(3)10-5-4-6-11(16)7-10/h4-9,16H,1-3H3,(H,14,19)(H,17,18). The highest BCUT2D eigenvalue weighted by atomic mass is 16.4. The second kappa shape index (κ2) is 6.08. The van der Waals surface area contributed by atoms with Gasteiger partial charge < -0.3 is 15.5 Å². The molecule has 6 nitrogen and oxygen atoms in total. The van der Waals surface area contributed by atoms with Gasteiger partial charge >= 0.3 is 12.0 Å². The van der Waals surface area contributed by atoms with Gasteiger partial charge in [0, 0.05) is 24.8 Å². The molecule has 0 saturated carbocycles. The highest BCUT2D eigenvalue weighted by Gasteiger charge is 2.22. The maximum atomic E-state index is 11.9. The van der Waals surface area contributed by atoms with Crippen LogP contribution in [0.25, 0.3) is 0 Å². The number of anilines is 1. The lowest BCUT2D eigenvalue weighted by atomic mass is 10.0. The lowest BCUT2D eigenvalue weighted by Crippen LogP contribution is -2.46. The molecule has 1 rings (SSSR count). The Morgan fingerprint density at radius 3 is 2.47 bits per heavy atom. The minimum absolute atomic E-state index is 0.0594. The first-order valence-corrected chi connectivity index (χ1v) is 5.89. The van der Waals surface area contributed by atoms with E-state index < -0.39 is 24.0 Å². The van der Waals surface area contributed by atoms with Crippen LogP contribution in [-0.4, -0.2) is 35.3 Å². The summed E-state index contributed by atoms with van der Waals surface area (Å²) in [5.74, 6) is -1.58. The Morgan fingerprint density at radius 2 is 1.95 bits per heavy atom. The number of nitrogens with zero attached hydrogens (tertiary/aromatic N) is 1. The maximum absolute atomic E-state index is 11.9. The Hall–Kier alpha value is -2.24. The van der Waals surface area contributed by atoms with Gasteiger partial charge in [0.05, 0.1) is 5.92 Å². The molecular formula is C13H18N2O4. The van der Waals surface area contributed by atoms with Crippen molar-refractivity contribution in [3.8, 4) is 5.75 Å². The van der Waals surface area contributed by atoms with Crippen LogP contribution in [0.2, 0.25) is 0 Å². The molecule has 2 unspecified atom stereocenters. The van der Waals surface area contributed by atoms with Crippen LogP contribution in [0.1, 0.15) is 13.8 Å². The summed E-state index contributed by atoms with van der Waals surface area (Å²) in [5.41, 5.74) is 0.521. The number of benzene rings is 1. The fourth-order valence-electron chi connectivity index (χ4n) is 1.45. The Balaban J connectivity index is 2.70. The predicted octanol–water partition coefficient (Wildman–Crippen LogP) is 1.65. The molecule has 2 amide bonds. The van der Waals surface area contributed by atoms with Gasteiger partial charge in [0.15, 0.2) is 0 Å². The number of carbonyl (C=O) groups is 2. The minimum atomic E-state index is -0.965. The normalized spacial score (nSPS) is 13.4. The monoisotopic (exact) mass is 266 g/mol. The Morgan fingerprint density at radius 1 is 1.32 bits per heavy atom. The van der Waals surface area contributed by atoms with Gasteiger partial charge in [-0.05, 0) is 26.0 Å². The molecule has 2 atom stereocenters. The Bertz CT molecular complexity index is 475. The molecule has 0 aliphatic rings. The molecule has 3 N–H and O–H groups in total. The third-order valence-corrected chi connectivity index (χ3v) is 3.01. The highest BCUT2D eigenvalue weighted by Crippen LogP contribution is 2.19. The molecule has 0 radical (unpaired) electrons. The number of phenolic OH excluding ortho intramolecular Hbond substituents is 1. The minimum Gasteiger partial charge on any atom is -0.508 e. The zero-order valence-corrected chi connectivity index (χ0v) is 11.1. The second-order valence-electron chi connectivity index (χ2n) is 4.44. The van der Waals surface area contributed by atoms with Gasteiger partial charge in [-0.2, -0.15) is 0 Å². The molecule has 0 heterocycles. The summed E-state index contributed by atoms with van der Waals surface area (Å²) in [6.07, 6.45) is 0. The number of aliphatic carboxylic acids is 1. The number of carboxylic acid groups (broad SMARTS) is 1. The van der Waals surface area contributed by atoms with E-state index in [2.05, 4.69) is 5.32 Å². The fourth-order valence-corrected chi connectivity index (χ4v) is 1.45. The van der Waals surface area contributed by atoms with Crippen molar-refractivity contribution in [2.45, 2.75) is 19.9 Å². The number of carboxylic acids is 1. The molecule has 0 aromatic heterocycles. The summed E-state index contributed by atoms with van der Waals surface area (Å²) < 4.78 is 0. The van der Waals surface area contributed by atoms with Gasteiger partial charge in [-0.3, -0.25) is 9.69 Å². The number of carbonyl (C=O) groups excluding carboxylic acids is 1. The van der Waals surface area contributed by atoms with Crippen molar-refractivity contribution in [1.82, 2.24) is 5.32 Å². The van der Waals surface area contributed by atoms with Gasteiger partial charge in [0.25, 0.3) is 0 Å². The molecule has 0 spiro atoms. The number of hydrogen-bond acceptors (Lipinski definition) is 3. The van der Waals surface area contributed by atoms with Gasteiger partial charge in [-0.1, -0.05) is 6.07 Å². The lowest BCUT2D eigenvalue weighted by molar-refractivity contribution is -0.141. The largest absolute Gasteiger partial charge is 0.508 e. The molecular weight excluding hydrogens is 248 g/mol. The third-order valence-electron chi connectivity index (χ3n) is 3.01. The van der Waals surface area contributed by atoms with Crippen LogP contribution in [0.15, 0.2) is 24.3 Å². The fraction of sp³-hybridized carbons (Fsp3) is 0.385. The van der Waals surface area contributed by atoms with Crippen molar-refractivity contribution in [2.24, 2.45) is 5.92 Å². The maximum Gasteiger partial charge on any atom is 0.321 e. The Kier molecular flexibility index (Phi) is 4.74. The zero-order valence-electron chi connectivity index (χ0n) is 11.1. The van der Waals surface area contributed by atoms with Gasteiger partial charge in [-0.25, -0.2) is 4.79 Å². The van der Waals surface area contributed by atoms with Crippen molar-refractivity contribution in [3.05, 3.63) is 24.3 Å². The van der Waals surface area contributed by atoms with Gasteiger partial charge in [0.1, 0.15) is 5.75 Å². The van der Waals surface area contributed by atoms with E-state index in [1.54, 1.807) is 26.1 Å². The van der Waals surface area contributed by atoms with E-state index in [-0.39, 0.29) is 5.75 Å². The molecule has 0 bridgehead atoms. The molecule has 104 valence electrons. The van der Waals surface area contributed by atoms with Gasteiger partial charge in [0.2, 0.25) is 0 Å². The second-order valence-corrected chi connectivity index (χ2v) is 4.44. The summed E-state index contributed by atoms with van der Waals surface area (Å²) in [7, 11) is 1.54. The number of hydrogen-bond donors (Lipinski definition) is 3. The van der Waals surface area contributed by atoms with E-state index in [0.29, 0.717) is 5.69 Å². The molecule has 1 aromatic rings. The van der Waals surface area contributed by atoms with Crippen LogP contribution < -0.4 is 10.2 Å². The third kappa shape index (κ3) is 3.87. The predicted molar refractivity (Wildman–Crippen MR) is 71.3 cm³/mol. The number of rotatable bonds is 4. The number of nitrogens with one attached hydrogen (secondary N) is 1. The molecule has 6 heteroatoms. The van der Waals surface area contributed by atoms with Crippen LogP contribution >= 0.6 is 0 Å². The van der Waals surface area contributed by atoms with Crippen LogP contribution in [0.3, 0.4) is 0 Å². The topological polar surface area (TPSA) is 89.9 Å². The van der Waals surface area contributed by atoms with Crippen molar-refractivity contribution in [1.29, 1.82) is 0 Å². The average Bonchev–Trinajstić information content (AvgIpc) is 2.36. The van der Waals surface area contributed by atoms with Crippen molar-refractivity contribution >= 4 is 17.7 Å². The first kappa shape index (κ1) is 14.8. The molecule has 0 saturated heterocycles.